The molecule has 2 rings (SSSR count). The van der Waals surface area contributed by atoms with E-state index in [2.05, 4.69) is 34.3 Å². The largest absolute Gasteiger partial charge is 0.338 e. The molecule has 0 unspecified atom stereocenters. The van der Waals surface area contributed by atoms with E-state index >= 15 is 0 Å². The minimum Gasteiger partial charge on any atom is -0.338 e. The summed E-state index contributed by atoms with van der Waals surface area (Å²) in [5.74, 6) is 0.614. The number of rotatable bonds is 5. The number of hydrogen-bond donors (Lipinski definition) is 1. The van der Waals surface area contributed by atoms with Crippen molar-refractivity contribution in [3.8, 4) is 11.4 Å². The Balaban J connectivity index is 2.24. The fourth-order valence-electron chi connectivity index (χ4n) is 1.56. The molecule has 2 aromatic heterocycles. The number of aromatic nitrogens is 3. The third kappa shape index (κ3) is 2.61. The number of pyridine rings is 1. The zero-order valence-electron chi connectivity index (χ0n) is 10.1. The average molecular weight is 232 g/mol. The van der Waals surface area contributed by atoms with Gasteiger partial charge in [-0.2, -0.15) is 4.98 Å². The molecule has 0 atom stereocenters. The van der Waals surface area contributed by atoms with Crippen molar-refractivity contribution in [2.24, 2.45) is 0 Å². The van der Waals surface area contributed by atoms with E-state index in [9.17, 15) is 0 Å². The third-order valence-electron chi connectivity index (χ3n) is 2.48. The van der Waals surface area contributed by atoms with Crippen molar-refractivity contribution in [3.05, 3.63) is 24.0 Å². The molecule has 1 N–H and O–H groups in total. The number of nitrogens with zero attached hydrogens (tertiary/aromatic N) is 3. The van der Waals surface area contributed by atoms with Crippen LogP contribution in [0, 0.1) is 0 Å². The van der Waals surface area contributed by atoms with Gasteiger partial charge in [0.1, 0.15) is 0 Å². The van der Waals surface area contributed by atoms with Crippen molar-refractivity contribution in [3.63, 3.8) is 0 Å². The highest BCUT2D eigenvalue weighted by Gasteiger charge is 2.11. The molecule has 0 bridgehead atoms. The minimum absolute atomic E-state index is 0.473. The Labute approximate surface area is 100 Å². The summed E-state index contributed by atoms with van der Waals surface area (Å²) in [5.41, 5.74) is 2.10. The van der Waals surface area contributed by atoms with Crippen molar-refractivity contribution >= 4 is 6.01 Å². The van der Waals surface area contributed by atoms with Crippen LogP contribution < -0.4 is 5.32 Å². The second-order valence-electron chi connectivity index (χ2n) is 3.74. The molecule has 0 saturated carbocycles. The smallest absolute Gasteiger partial charge is 0.321 e. The second kappa shape index (κ2) is 5.43. The number of anilines is 1. The molecule has 5 heteroatoms. The maximum absolute atomic E-state index is 5.13. The summed E-state index contributed by atoms with van der Waals surface area (Å²) in [6, 6.07) is 2.38. The lowest BCUT2D eigenvalue weighted by Crippen LogP contribution is -1.99. The van der Waals surface area contributed by atoms with E-state index in [-0.39, 0.29) is 0 Å². The van der Waals surface area contributed by atoms with Crippen molar-refractivity contribution < 1.29 is 4.52 Å². The van der Waals surface area contributed by atoms with E-state index < -0.39 is 0 Å². The fraction of sp³-hybridized carbons (Fsp3) is 0.417. The predicted molar refractivity (Wildman–Crippen MR) is 65.7 cm³/mol. The van der Waals surface area contributed by atoms with Crippen LogP contribution in [0.1, 0.15) is 25.8 Å². The van der Waals surface area contributed by atoms with Crippen LogP contribution in [0.5, 0.6) is 0 Å². The van der Waals surface area contributed by atoms with E-state index in [0.29, 0.717) is 11.8 Å². The van der Waals surface area contributed by atoms with E-state index in [1.807, 2.05) is 12.3 Å². The third-order valence-corrected chi connectivity index (χ3v) is 2.48. The highest BCUT2D eigenvalue weighted by Crippen LogP contribution is 2.21. The summed E-state index contributed by atoms with van der Waals surface area (Å²) < 4.78 is 5.13. The Hall–Kier alpha value is -1.91. The molecular weight excluding hydrogens is 216 g/mol. The van der Waals surface area contributed by atoms with Crippen LogP contribution in [-0.2, 0) is 6.42 Å². The van der Waals surface area contributed by atoms with Crippen LogP contribution in [0.2, 0.25) is 0 Å². The standard InChI is InChI=1S/C12H16N4O/c1-3-6-14-12-15-11(16-17-12)10-5-7-13-8-9(10)4-2/h5,7-8H,3-4,6H2,1-2H3,(H,14,15,16). The quantitative estimate of drug-likeness (QED) is 0.858. The molecule has 2 aromatic rings. The molecule has 0 aliphatic heterocycles. The van der Waals surface area contributed by atoms with Crippen LogP contribution in [0.3, 0.4) is 0 Å². The van der Waals surface area contributed by atoms with Gasteiger partial charge in [0.2, 0.25) is 5.82 Å². The van der Waals surface area contributed by atoms with Crippen LogP contribution in [0.4, 0.5) is 6.01 Å². The first kappa shape index (κ1) is 11.6. The molecular formula is C12H16N4O. The van der Waals surface area contributed by atoms with Crippen molar-refractivity contribution in [1.82, 2.24) is 15.1 Å². The number of aryl methyl sites for hydroxylation is 1. The topological polar surface area (TPSA) is 63.8 Å². The molecule has 0 saturated heterocycles. The second-order valence-corrected chi connectivity index (χ2v) is 3.74. The van der Waals surface area contributed by atoms with Crippen molar-refractivity contribution in [1.29, 1.82) is 0 Å². The molecule has 0 aromatic carbocycles. The summed E-state index contributed by atoms with van der Waals surface area (Å²) in [5, 5.41) is 7.04. The number of nitrogens with one attached hydrogen (secondary N) is 1. The van der Waals surface area contributed by atoms with Gasteiger partial charge in [-0.15, -0.1) is 0 Å². The van der Waals surface area contributed by atoms with Gasteiger partial charge in [-0.25, -0.2) is 0 Å². The lowest BCUT2D eigenvalue weighted by Gasteiger charge is -2.00. The zero-order valence-corrected chi connectivity index (χ0v) is 10.1. The Morgan fingerprint density at radius 2 is 2.24 bits per heavy atom. The van der Waals surface area contributed by atoms with Gasteiger partial charge in [-0.3, -0.25) is 4.98 Å². The average Bonchev–Trinajstić information content (AvgIpc) is 2.85. The maximum atomic E-state index is 5.13. The summed E-state index contributed by atoms with van der Waals surface area (Å²) in [4.78, 5) is 8.41. The summed E-state index contributed by atoms with van der Waals surface area (Å²) in [7, 11) is 0. The highest BCUT2D eigenvalue weighted by molar-refractivity contribution is 5.59. The highest BCUT2D eigenvalue weighted by atomic mass is 16.5. The number of hydrogen-bond acceptors (Lipinski definition) is 5. The van der Waals surface area contributed by atoms with Gasteiger partial charge in [-0.1, -0.05) is 19.0 Å². The van der Waals surface area contributed by atoms with Crippen LogP contribution in [0.15, 0.2) is 23.0 Å². The Kier molecular flexibility index (Phi) is 3.69. The summed E-state index contributed by atoms with van der Waals surface area (Å²) in [6.07, 6.45) is 5.50. The maximum Gasteiger partial charge on any atom is 0.321 e. The van der Waals surface area contributed by atoms with E-state index in [0.717, 1.165) is 30.5 Å². The first-order valence-corrected chi connectivity index (χ1v) is 5.86. The molecule has 0 aliphatic carbocycles. The van der Waals surface area contributed by atoms with Crippen LogP contribution in [0.25, 0.3) is 11.4 Å². The van der Waals surface area contributed by atoms with E-state index in [1.165, 1.54) is 0 Å². The Morgan fingerprint density at radius 1 is 1.35 bits per heavy atom. The van der Waals surface area contributed by atoms with Gasteiger partial charge >= 0.3 is 6.01 Å². The first-order chi connectivity index (χ1) is 8.35. The van der Waals surface area contributed by atoms with Crippen LogP contribution >= 0.6 is 0 Å². The van der Waals surface area contributed by atoms with Gasteiger partial charge in [0.25, 0.3) is 0 Å². The first-order valence-electron chi connectivity index (χ1n) is 5.86. The minimum atomic E-state index is 0.473. The molecule has 5 nitrogen and oxygen atoms in total. The lowest BCUT2D eigenvalue weighted by atomic mass is 10.1. The van der Waals surface area contributed by atoms with E-state index in [1.54, 1.807) is 6.20 Å². The summed E-state index contributed by atoms with van der Waals surface area (Å²) in [6.45, 7) is 5.00. The molecule has 0 spiro atoms. The molecule has 17 heavy (non-hydrogen) atoms. The van der Waals surface area contributed by atoms with Crippen molar-refractivity contribution in [2.75, 3.05) is 11.9 Å². The van der Waals surface area contributed by atoms with Gasteiger partial charge in [0.15, 0.2) is 0 Å². The Bertz CT molecular complexity index is 481. The SMILES string of the molecule is CCCNc1nc(-c2ccncc2CC)no1. The van der Waals surface area contributed by atoms with Gasteiger partial charge in [0.05, 0.1) is 0 Å². The predicted octanol–water partition coefficient (Wildman–Crippen LogP) is 2.52. The molecule has 90 valence electrons. The molecule has 2 heterocycles. The fourth-order valence-corrected chi connectivity index (χ4v) is 1.56. The monoisotopic (exact) mass is 232 g/mol. The van der Waals surface area contributed by atoms with Gasteiger partial charge < -0.3 is 9.84 Å². The molecule has 0 amide bonds. The van der Waals surface area contributed by atoms with Gasteiger partial charge in [0, 0.05) is 24.5 Å². The van der Waals surface area contributed by atoms with Gasteiger partial charge in [-0.05, 0) is 24.5 Å². The normalized spacial score (nSPS) is 10.5. The Morgan fingerprint density at radius 3 is 3.00 bits per heavy atom. The van der Waals surface area contributed by atoms with E-state index in [4.69, 9.17) is 4.52 Å². The summed E-state index contributed by atoms with van der Waals surface area (Å²) >= 11 is 0. The molecule has 0 fully saturated rings. The molecule has 0 radical (unpaired) electrons. The van der Waals surface area contributed by atoms with Crippen LogP contribution in [-0.4, -0.2) is 21.7 Å². The molecule has 0 aliphatic rings. The lowest BCUT2D eigenvalue weighted by molar-refractivity contribution is 0.432. The zero-order chi connectivity index (χ0) is 12.1. The van der Waals surface area contributed by atoms with Crippen molar-refractivity contribution in [2.45, 2.75) is 26.7 Å².